The fraction of sp³-hybridized carbons (Fsp3) is 0.462. The first kappa shape index (κ1) is 14.3. The van der Waals surface area contributed by atoms with E-state index in [4.69, 9.17) is 4.74 Å². The Kier molecular flexibility index (Phi) is 5.24. The van der Waals surface area contributed by atoms with Crippen molar-refractivity contribution in [3.63, 3.8) is 0 Å². The number of hydrogen-bond donors (Lipinski definition) is 1. The van der Waals surface area contributed by atoms with E-state index in [0.717, 1.165) is 6.42 Å². The molecule has 0 aliphatic rings. The van der Waals surface area contributed by atoms with Crippen molar-refractivity contribution in [2.75, 3.05) is 6.61 Å². The average molecular weight is 347 g/mol. The molecule has 0 saturated carbocycles. The Morgan fingerprint density at radius 1 is 1.29 bits per heavy atom. The van der Waals surface area contributed by atoms with Crippen molar-refractivity contribution in [2.24, 2.45) is 0 Å². The molecule has 0 atom stereocenters. The summed E-state index contributed by atoms with van der Waals surface area (Å²) in [6.45, 7) is 6.18. The van der Waals surface area contributed by atoms with Crippen LogP contribution in [-0.4, -0.2) is 18.2 Å². The molecule has 4 heteroatoms. The molecule has 94 valence electrons. The number of hydrogen-bond acceptors (Lipinski definition) is 2. The lowest BCUT2D eigenvalue weighted by Crippen LogP contribution is -2.41. The molecule has 0 fully saturated rings. The van der Waals surface area contributed by atoms with Gasteiger partial charge >= 0.3 is 6.09 Å². The predicted molar refractivity (Wildman–Crippen MR) is 77.1 cm³/mol. The maximum atomic E-state index is 11.4. The second kappa shape index (κ2) is 6.23. The minimum atomic E-state index is -0.358. The van der Waals surface area contributed by atoms with Gasteiger partial charge < -0.3 is 10.1 Å². The van der Waals surface area contributed by atoms with Crippen molar-refractivity contribution in [3.8, 4) is 0 Å². The molecule has 1 amide bonds. The Hall–Kier alpha value is -0.780. The SMILES string of the molecule is CC(C)(C)NC(=O)OCCc1ccc(I)cc1. The number of rotatable bonds is 3. The molecule has 0 bridgehead atoms. The van der Waals surface area contributed by atoms with E-state index in [1.165, 1.54) is 9.13 Å². The highest BCUT2D eigenvalue weighted by molar-refractivity contribution is 14.1. The van der Waals surface area contributed by atoms with E-state index < -0.39 is 0 Å². The number of amides is 1. The fourth-order valence-corrected chi connectivity index (χ4v) is 1.61. The van der Waals surface area contributed by atoms with Crippen LogP contribution in [0.15, 0.2) is 24.3 Å². The van der Waals surface area contributed by atoms with E-state index in [1.54, 1.807) is 0 Å². The number of halogens is 1. The topological polar surface area (TPSA) is 38.3 Å². The van der Waals surface area contributed by atoms with E-state index in [0.29, 0.717) is 6.61 Å². The standard InChI is InChI=1S/C13H18INO2/c1-13(2,3)15-12(16)17-9-8-10-4-6-11(14)7-5-10/h4-7H,8-9H2,1-3H3,(H,15,16). The molecule has 0 unspecified atom stereocenters. The Bertz CT molecular complexity index is 368. The summed E-state index contributed by atoms with van der Waals surface area (Å²) in [5.74, 6) is 0. The van der Waals surface area contributed by atoms with E-state index in [-0.39, 0.29) is 11.6 Å². The molecule has 1 aromatic rings. The van der Waals surface area contributed by atoms with Crippen LogP contribution < -0.4 is 5.32 Å². The highest BCUT2D eigenvalue weighted by Gasteiger charge is 2.14. The number of carbonyl (C=O) groups is 1. The minimum absolute atomic E-state index is 0.250. The monoisotopic (exact) mass is 347 g/mol. The Morgan fingerprint density at radius 3 is 2.41 bits per heavy atom. The van der Waals surface area contributed by atoms with E-state index in [2.05, 4.69) is 27.9 Å². The minimum Gasteiger partial charge on any atom is -0.449 e. The summed E-state index contributed by atoms with van der Waals surface area (Å²) in [7, 11) is 0. The molecule has 0 heterocycles. The van der Waals surface area contributed by atoms with Gasteiger partial charge in [-0.3, -0.25) is 0 Å². The molecule has 0 aliphatic carbocycles. The number of carbonyl (C=O) groups excluding carboxylic acids is 1. The first-order valence-electron chi connectivity index (χ1n) is 5.56. The molecule has 0 aliphatic heterocycles. The van der Waals surface area contributed by atoms with Crippen molar-refractivity contribution in [2.45, 2.75) is 32.7 Å². The van der Waals surface area contributed by atoms with E-state index in [9.17, 15) is 4.79 Å². The van der Waals surface area contributed by atoms with Gasteiger partial charge in [0.1, 0.15) is 0 Å². The normalized spacial score (nSPS) is 11.1. The summed E-state index contributed by atoms with van der Waals surface area (Å²) in [5.41, 5.74) is 0.925. The third-order valence-corrected chi connectivity index (χ3v) is 2.73. The third kappa shape index (κ3) is 6.51. The zero-order valence-corrected chi connectivity index (χ0v) is 12.6. The number of ether oxygens (including phenoxy) is 1. The second-order valence-corrected chi connectivity index (χ2v) is 6.13. The molecule has 0 spiro atoms. The van der Waals surface area contributed by atoms with Crippen molar-refractivity contribution in [3.05, 3.63) is 33.4 Å². The molecule has 1 rings (SSSR count). The van der Waals surface area contributed by atoms with Crippen LogP contribution >= 0.6 is 22.6 Å². The molecule has 1 N–H and O–H groups in total. The first-order valence-corrected chi connectivity index (χ1v) is 6.64. The highest BCUT2D eigenvalue weighted by atomic mass is 127. The Labute approximate surface area is 116 Å². The number of nitrogens with one attached hydrogen (secondary N) is 1. The summed E-state index contributed by atoms with van der Waals surface area (Å²) in [6, 6.07) is 8.19. The van der Waals surface area contributed by atoms with Gasteiger partial charge in [-0.1, -0.05) is 12.1 Å². The first-order chi connectivity index (χ1) is 7.87. The summed E-state index contributed by atoms with van der Waals surface area (Å²) in [6.07, 6.45) is 0.386. The van der Waals surface area contributed by atoms with Crippen molar-refractivity contribution >= 4 is 28.7 Å². The maximum absolute atomic E-state index is 11.4. The summed E-state index contributed by atoms with van der Waals surface area (Å²) < 4.78 is 6.31. The van der Waals surface area contributed by atoms with Crippen molar-refractivity contribution in [1.82, 2.24) is 5.32 Å². The summed E-state index contributed by atoms with van der Waals surface area (Å²) in [5, 5.41) is 2.75. The van der Waals surface area contributed by atoms with Crippen molar-refractivity contribution in [1.29, 1.82) is 0 Å². The van der Waals surface area contributed by atoms with Crippen LogP contribution in [0.4, 0.5) is 4.79 Å². The van der Waals surface area contributed by atoms with Gasteiger partial charge in [0.05, 0.1) is 6.61 Å². The smallest absolute Gasteiger partial charge is 0.407 e. The quantitative estimate of drug-likeness (QED) is 0.852. The molecular formula is C13H18INO2. The van der Waals surface area contributed by atoms with E-state index in [1.807, 2.05) is 45.0 Å². The van der Waals surface area contributed by atoms with Crippen LogP contribution in [0.5, 0.6) is 0 Å². The van der Waals surface area contributed by atoms with E-state index >= 15 is 0 Å². The highest BCUT2D eigenvalue weighted by Crippen LogP contribution is 2.07. The average Bonchev–Trinajstić information content (AvgIpc) is 2.18. The number of alkyl carbamates (subject to hydrolysis) is 1. The fourth-order valence-electron chi connectivity index (χ4n) is 1.25. The lowest BCUT2D eigenvalue weighted by atomic mass is 10.1. The summed E-state index contributed by atoms with van der Waals surface area (Å²) in [4.78, 5) is 11.4. The molecule has 3 nitrogen and oxygen atoms in total. The molecule has 1 aromatic carbocycles. The third-order valence-electron chi connectivity index (χ3n) is 2.01. The molecule has 0 radical (unpaired) electrons. The van der Waals surface area contributed by atoms with Gasteiger partial charge in [-0.05, 0) is 61.1 Å². The van der Waals surface area contributed by atoms with Crippen LogP contribution in [-0.2, 0) is 11.2 Å². The largest absolute Gasteiger partial charge is 0.449 e. The maximum Gasteiger partial charge on any atom is 0.407 e. The molecule has 0 aromatic heterocycles. The van der Waals surface area contributed by atoms with Crippen LogP contribution in [0, 0.1) is 3.57 Å². The van der Waals surface area contributed by atoms with Gasteiger partial charge in [0.25, 0.3) is 0 Å². The lowest BCUT2D eigenvalue weighted by Gasteiger charge is -2.19. The van der Waals surface area contributed by atoms with Gasteiger partial charge in [0.15, 0.2) is 0 Å². The zero-order chi connectivity index (χ0) is 12.9. The van der Waals surface area contributed by atoms with Crippen LogP contribution in [0.3, 0.4) is 0 Å². The van der Waals surface area contributed by atoms with Crippen molar-refractivity contribution < 1.29 is 9.53 Å². The summed E-state index contributed by atoms with van der Waals surface area (Å²) >= 11 is 2.26. The second-order valence-electron chi connectivity index (χ2n) is 4.89. The number of benzene rings is 1. The van der Waals surface area contributed by atoms with Gasteiger partial charge in [-0.25, -0.2) is 4.79 Å². The lowest BCUT2D eigenvalue weighted by molar-refractivity contribution is 0.139. The molecule has 17 heavy (non-hydrogen) atoms. The van der Waals surface area contributed by atoms with Gasteiger partial charge in [-0.15, -0.1) is 0 Å². The van der Waals surface area contributed by atoms with Crippen LogP contribution in [0.1, 0.15) is 26.3 Å². The Balaban J connectivity index is 2.28. The molecule has 0 saturated heterocycles. The van der Waals surface area contributed by atoms with Crippen LogP contribution in [0.25, 0.3) is 0 Å². The van der Waals surface area contributed by atoms with Crippen LogP contribution in [0.2, 0.25) is 0 Å². The Morgan fingerprint density at radius 2 is 1.88 bits per heavy atom. The van der Waals surface area contributed by atoms with Gasteiger partial charge in [0, 0.05) is 15.5 Å². The predicted octanol–water partition coefficient (Wildman–Crippen LogP) is 3.36. The van der Waals surface area contributed by atoms with Gasteiger partial charge in [0.2, 0.25) is 0 Å². The molecular weight excluding hydrogens is 329 g/mol. The zero-order valence-electron chi connectivity index (χ0n) is 10.4. The van der Waals surface area contributed by atoms with Gasteiger partial charge in [-0.2, -0.15) is 0 Å².